The Morgan fingerprint density at radius 3 is 2.19 bits per heavy atom. The molecular formula is C21H15Br2N3. The average molecular weight is 469 g/mol. The van der Waals surface area contributed by atoms with Crippen LogP contribution in [0.1, 0.15) is 11.1 Å². The first-order valence-electron chi connectivity index (χ1n) is 8.15. The fourth-order valence-electron chi connectivity index (χ4n) is 2.75. The van der Waals surface area contributed by atoms with Crippen LogP contribution in [0.4, 0.5) is 17.1 Å². The molecule has 1 heterocycles. The number of benzene rings is 3. The molecular weight excluding hydrogens is 454 g/mol. The van der Waals surface area contributed by atoms with Gasteiger partial charge in [-0.3, -0.25) is 0 Å². The maximum absolute atomic E-state index is 4.87. The maximum Gasteiger partial charge on any atom is 0.157 e. The van der Waals surface area contributed by atoms with Crippen LogP contribution >= 0.6 is 31.9 Å². The normalized spacial score (nSPS) is 14.3. The summed E-state index contributed by atoms with van der Waals surface area (Å²) >= 11 is 6.93. The summed E-state index contributed by atoms with van der Waals surface area (Å²) in [6.45, 7) is 2.08. The van der Waals surface area contributed by atoms with E-state index in [0.29, 0.717) is 0 Å². The predicted molar refractivity (Wildman–Crippen MR) is 116 cm³/mol. The number of fused-ring (bicyclic) bond motifs is 1. The molecule has 0 radical (unpaired) electrons. The van der Waals surface area contributed by atoms with Gasteiger partial charge in [0.2, 0.25) is 0 Å². The van der Waals surface area contributed by atoms with Crippen molar-refractivity contribution in [2.45, 2.75) is 6.92 Å². The molecule has 3 aromatic carbocycles. The molecule has 0 fully saturated rings. The number of hydrogen-bond donors (Lipinski definition) is 1. The van der Waals surface area contributed by atoms with E-state index in [4.69, 9.17) is 9.98 Å². The Bertz CT molecular complexity index is 1020. The van der Waals surface area contributed by atoms with Crippen LogP contribution in [0.25, 0.3) is 0 Å². The molecule has 0 spiro atoms. The van der Waals surface area contributed by atoms with E-state index in [1.165, 1.54) is 5.56 Å². The Morgan fingerprint density at radius 1 is 0.846 bits per heavy atom. The Hall–Kier alpha value is -2.24. The molecule has 4 rings (SSSR count). The molecule has 0 saturated carbocycles. The molecule has 0 atom stereocenters. The van der Waals surface area contributed by atoms with Crippen LogP contribution in [0.15, 0.2) is 85.7 Å². The molecule has 0 amide bonds. The van der Waals surface area contributed by atoms with Crippen LogP contribution in [-0.2, 0) is 0 Å². The fourth-order valence-corrected chi connectivity index (χ4v) is 3.28. The van der Waals surface area contributed by atoms with Crippen molar-refractivity contribution < 1.29 is 0 Å². The first kappa shape index (κ1) is 17.2. The van der Waals surface area contributed by atoms with Gasteiger partial charge in [-0.05, 0) is 67.6 Å². The van der Waals surface area contributed by atoms with Crippen LogP contribution in [0.5, 0.6) is 0 Å². The van der Waals surface area contributed by atoms with Crippen LogP contribution in [0, 0.1) is 6.92 Å². The van der Waals surface area contributed by atoms with E-state index >= 15 is 0 Å². The topological polar surface area (TPSA) is 36.8 Å². The molecule has 3 aromatic rings. The zero-order chi connectivity index (χ0) is 18.1. The highest BCUT2D eigenvalue weighted by Crippen LogP contribution is 2.30. The molecule has 0 unspecified atom stereocenters. The largest absolute Gasteiger partial charge is 0.338 e. The number of halogens is 2. The highest BCUT2D eigenvalue weighted by atomic mass is 79.9. The quantitative estimate of drug-likeness (QED) is 0.441. The summed E-state index contributed by atoms with van der Waals surface area (Å²) in [6.07, 6.45) is 0. The van der Waals surface area contributed by atoms with Crippen molar-refractivity contribution in [3.63, 3.8) is 0 Å². The molecule has 0 aromatic heterocycles. The molecule has 0 saturated heterocycles. The number of rotatable bonds is 2. The maximum atomic E-state index is 4.87. The van der Waals surface area contributed by atoms with E-state index in [9.17, 15) is 0 Å². The standard InChI is InChI=1S/C21H15Br2N3/c1-13-2-11-19-18(12-13)20(24-16-7-3-14(22)4-8-16)21(26-19)25-17-9-5-15(23)6-10-17/h2-12H,1H3,(H,24,25,26). The predicted octanol–water partition coefficient (Wildman–Crippen LogP) is 6.80. The van der Waals surface area contributed by atoms with Crippen molar-refractivity contribution in [2.24, 2.45) is 9.98 Å². The lowest BCUT2D eigenvalue weighted by Gasteiger charge is -2.08. The number of nitrogens with zero attached hydrogens (tertiary/aromatic N) is 2. The third-order valence-electron chi connectivity index (χ3n) is 4.04. The summed E-state index contributed by atoms with van der Waals surface area (Å²) in [5, 5.41) is 3.41. The van der Waals surface area contributed by atoms with E-state index in [1.54, 1.807) is 0 Å². The summed E-state index contributed by atoms with van der Waals surface area (Å²) < 4.78 is 2.07. The van der Waals surface area contributed by atoms with Crippen LogP contribution < -0.4 is 5.32 Å². The van der Waals surface area contributed by atoms with Gasteiger partial charge in [0.25, 0.3) is 0 Å². The van der Waals surface area contributed by atoms with E-state index in [2.05, 4.69) is 56.2 Å². The minimum atomic E-state index is 0.760. The smallest absolute Gasteiger partial charge is 0.157 e. The van der Waals surface area contributed by atoms with Gasteiger partial charge in [-0.2, -0.15) is 0 Å². The zero-order valence-corrected chi connectivity index (χ0v) is 17.2. The molecule has 0 bridgehead atoms. The van der Waals surface area contributed by atoms with E-state index in [-0.39, 0.29) is 0 Å². The monoisotopic (exact) mass is 467 g/mol. The number of aryl methyl sites for hydroxylation is 1. The van der Waals surface area contributed by atoms with Gasteiger partial charge in [0.05, 0.1) is 11.4 Å². The van der Waals surface area contributed by atoms with Gasteiger partial charge in [-0.25, -0.2) is 9.98 Å². The molecule has 128 valence electrons. The number of amidine groups is 1. The van der Waals surface area contributed by atoms with Crippen molar-refractivity contribution in [3.8, 4) is 0 Å². The van der Waals surface area contributed by atoms with Crippen molar-refractivity contribution in [3.05, 3.63) is 86.8 Å². The Balaban J connectivity index is 1.76. The van der Waals surface area contributed by atoms with Gasteiger partial charge in [0.1, 0.15) is 5.71 Å². The van der Waals surface area contributed by atoms with Gasteiger partial charge in [-0.15, -0.1) is 0 Å². The summed E-state index contributed by atoms with van der Waals surface area (Å²) in [7, 11) is 0. The zero-order valence-electron chi connectivity index (χ0n) is 14.0. The number of aliphatic imine (C=N–C) groups is 2. The summed E-state index contributed by atoms with van der Waals surface area (Å²) in [4.78, 5) is 9.63. The number of hydrogen-bond acceptors (Lipinski definition) is 3. The third kappa shape index (κ3) is 3.64. The second-order valence-electron chi connectivity index (χ2n) is 6.05. The summed E-state index contributed by atoms with van der Waals surface area (Å²) in [5.41, 5.74) is 5.89. The van der Waals surface area contributed by atoms with Gasteiger partial charge in [0.15, 0.2) is 5.84 Å². The van der Waals surface area contributed by atoms with Crippen molar-refractivity contribution in [1.29, 1.82) is 0 Å². The lowest BCUT2D eigenvalue weighted by Crippen LogP contribution is -2.20. The van der Waals surface area contributed by atoms with Crippen molar-refractivity contribution in [2.75, 3.05) is 5.32 Å². The minimum absolute atomic E-state index is 0.760. The Kier molecular flexibility index (Phi) is 4.74. The first-order chi connectivity index (χ1) is 12.6. The number of nitrogens with one attached hydrogen (secondary N) is 1. The van der Waals surface area contributed by atoms with Crippen LogP contribution in [-0.4, -0.2) is 11.5 Å². The molecule has 26 heavy (non-hydrogen) atoms. The summed E-state index contributed by atoms with van der Waals surface area (Å²) in [5.74, 6) is 0.760. The average Bonchev–Trinajstić information content (AvgIpc) is 2.95. The number of anilines is 1. The molecule has 3 nitrogen and oxygen atoms in total. The van der Waals surface area contributed by atoms with E-state index in [1.807, 2.05) is 54.6 Å². The SMILES string of the molecule is Cc1ccc2c(c1)C(=Nc1ccc(Br)cc1)C(Nc1ccc(Br)cc1)=N2. The third-order valence-corrected chi connectivity index (χ3v) is 5.10. The lowest BCUT2D eigenvalue weighted by molar-refractivity contribution is 1.43. The van der Waals surface area contributed by atoms with Crippen molar-refractivity contribution >= 4 is 60.5 Å². The Labute approximate surface area is 169 Å². The second kappa shape index (κ2) is 7.17. The second-order valence-corrected chi connectivity index (χ2v) is 7.88. The van der Waals surface area contributed by atoms with Crippen LogP contribution in [0.3, 0.4) is 0 Å². The van der Waals surface area contributed by atoms with E-state index in [0.717, 1.165) is 43.1 Å². The van der Waals surface area contributed by atoms with Gasteiger partial charge < -0.3 is 5.32 Å². The summed E-state index contributed by atoms with van der Waals surface area (Å²) in [6, 6.07) is 22.2. The first-order valence-corrected chi connectivity index (χ1v) is 9.74. The Morgan fingerprint density at radius 2 is 1.50 bits per heavy atom. The van der Waals surface area contributed by atoms with Crippen LogP contribution in [0.2, 0.25) is 0 Å². The lowest BCUT2D eigenvalue weighted by atomic mass is 10.1. The fraction of sp³-hybridized carbons (Fsp3) is 0.0476. The van der Waals surface area contributed by atoms with Crippen molar-refractivity contribution in [1.82, 2.24) is 0 Å². The molecule has 1 N–H and O–H groups in total. The van der Waals surface area contributed by atoms with Gasteiger partial charge in [0, 0.05) is 20.2 Å². The molecule has 1 aliphatic rings. The van der Waals surface area contributed by atoms with Gasteiger partial charge in [-0.1, -0.05) is 43.5 Å². The molecule has 1 aliphatic heterocycles. The highest BCUT2D eigenvalue weighted by Gasteiger charge is 2.23. The molecule has 5 heteroatoms. The van der Waals surface area contributed by atoms with E-state index < -0.39 is 0 Å². The van der Waals surface area contributed by atoms with Gasteiger partial charge >= 0.3 is 0 Å². The molecule has 0 aliphatic carbocycles. The minimum Gasteiger partial charge on any atom is -0.338 e. The highest BCUT2D eigenvalue weighted by molar-refractivity contribution is 9.10.